The number of nitrogens with one attached hydrogen (secondary N) is 9. The average molecular weight is 1420 g/mol. The van der Waals surface area contributed by atoms with Gasteiger partial charge >= 0.3 is 0 Å². The van der Waals surface area contributed by atoms with Crippen LogP contribution in [0.4, 0.5) is 0 Å². The van der Waals surface area contributed by atoms with Crippen LogP contribution in [0.15, 0.2) is 116 Å². The highest BCUT2D eigenvalue weighted by atomic mass is 35.5. The van der Waals surface area contributed by atoms with Gasteiger partial charge in [0.1, 0.15) is 66.2 Å². The second kappa shape index (κ2) is 39.1. The average Bonchev–Trinajstić information content (AvgIpc) is 1.71. The van der Waals surface area contributed by atoms with E-state index in [4.69, 9.17) is 23.1 Å². The number of primary amides is 2. The predicted molar refractivity (Wildman–Crippen MR) is 377 cm³/mol. The minimum atomic E-state index is -1.85. The number of unbranched alkanes of at least 4 members (excludes halogenated alkanes) is 1. The zero-order chi connectivity index (χ0) is 74.0. The maximum absolute atomic E-state index is 14.9. The fraction of sp³-hybridized carbons (Fsp3) is 0.458. The first kappa shape index (κ1) is 79.9. The lowest BCUT2D eigenvalue weighted by molar-refractivity contribution is -0.144. The summed E-state index contributed by atoms with van der Waals surface area (Å²) >= 11 is 6.23. The molecule has 12 amide bonds. The molecule has 28 nitrogen and oxygen atoms in total. The summed E-state index contributed by atoms with van der Waals surface area (Å²) in [7, 11) is 1.18. The highest BCUT2D eigenvalue weighted by Gasteiger charge is 2.41. The number of likely N-dealkylation sites (tertiary alicyclic amines) is 1. The summed E-state index contributed by atoms with van der Waals surface area (Å²) in [6, 6.07) is 14.5. The molecule has 1 aliphatic heterocycles. The van der Waals surface area contributed by atoms with Gasteiger partial charge in [-0.1, -0.05) is 112 Å². The number of phenols is 1. The summed E-state index contributed by atoms with van der Waals surface area (Å²) < 4.78 is 0. The molecule has 5 aromatic rings. The van der Waals surface area contributed by atoms with Crippen LogP contribution in [-0.2, 0) is 83.2 Å². The summed E-state index contributed by atoms with van der Waals surface area (Å²) in [5.74, 6) is -10.6. The molecule has 29 heteroatoms. The molecule has 0 spiro atoms. The number of aromatic nitrogens is 1. The van der Waals surface area contributed by atoms with Crippen LogP contribution < -0.4 is 59.3 Å². The van der Waals surface area contributed by atoms with Crippen LogP contribution in [0.25, 0.3) is 10.8 Å². The van der Waals surface area contributed by atoms with Gasteiger partial charge in [0.2, 0.25) is 70.9 Å². The van der Waals surface area contributed by atoms with E-state index >= 15 is 0 Å². The molecule has 0 aliphatic carbocycles. The van der Waals surface area contributed by atoms with Gasteiger partial charge in [-0.05, 0) is 121 Å². The number of pyridine rings is 1. The first-order chi connectivity index (χ1) is 48.0. The minimum Gasteiger partial charge on any atom is -0.508 e. The number of carbonyl (C=O) groups excluding carboxylic acids is 12. The standard InChI is InChI=1S/C72H95ClN14O14/c1-41(2)32-54(64(93)80-53(17-10-11-30-77-42(3)4)72(101)87-31-13-18-60(87)69(98)78-43(5)63(75)92)81-68(97)58(38-62(74)91)84-70(99)61(37-46-22-27-52(90)28-23-46)86(7)71(100)59(40-88)85-67(96)57(36-48-14-12-29-76-39-48)83-66(95)56(34-45-20-25-51(73)26-21-45)82-65(94)55(79-44(6)89)35-47-19-24-49-15-8-9-16-50(49)33-47/h8-9,12,14-16,19-29,33,39,41-43,53-61,77,88,90H,10-11,13,17-18,30-32,34-38,40H2,1-7H3,(H2,74,91)(H2,75,92)(H,78,98)(H,79,89)(H,80,93)(H,81,97)(H,82,94)(H,83,95)(H,84,99)(H,85,96)/t43-,53-,54-,55-,56+,57-,58+,59+,60-,61+/m1/s1. The molecule has 1 aromatic heterocycles. The molecule has 15 N–H and O–H groups in total. The Labute approximate surface area is 592 Å². The second-order valence-corrected chi connectivity index (χ2v) is 26.6. The number of hydrogen-bond acceptors (Lipinski definition) is 16. The van der Waals surface area contributed by atoms with Crippen molar-refractivity contribution in [3.05, 3.63) is 143 Å². The number of likely N-dealkylation sites (N-methyl/N-ethyl adjacent to an activating group) is 1. The van der Waals surface area contributed by atoms with E-state index in [0.29, 0.717) is 53.1 Å². The van der Waals surface area contributed by atoms with E-state index in [-0.39, 0.29) is 69.2 Å². The Morgan fingerprint density at radius 3 is 1.74 bits per heavy atom. The third kappa shape index (κ3) is 25.3. The zero-order valence-corrected chi connectivity index (χ0v) is 58.7. The number of benzene rings is 4. The maximum atomic E-state index is 14.9. The van der Waals surface area contributed by atoms with Crippen LogP contribution in [0.2, 0.25) is 5.02 Å². The summed E-state index contributed by atoms with van der Waals surface area (Å²) in [5.41, 5.74) is 13.1. The molecule has 1 aliphatic rings. The molecule has 10 atom stereocenters. The Kier molecular flexibility index (Phi) is 30.9. The maximum Gasteiger partial charge on any atom is 0.247 e. The van der Waals surface area contributed by atoms with Crippen molar-refractivity contribution in [2.75, 3.05) is 26.7 Å². The van der Waals surface area contributed by atoms with E-state index in [1.165, 1.54) is 62.5 Å². The molecule has 1 saturated heterocycles. The topological polar surface area (TPSA) is 425 Å². The van der Waals surface area contributed by atoms with Crippen LogP contribution in [0.5, 0.6) is 5.75 Å². The first-order valence-corrected chi connectivity index (χ1v) is 34.2. The lowest BCUT2D eigenvalue weighted by Crippen LogP contribution is -2.62. The lowest BCUT2D eigenvalue weighted by Gasteiger charge is -2.32. The van der Waals surface area contributed by atoms with Crippen molar-refractivity contribution in [1.29, 1.82) is 0 Å². The van der Waals surface area contributed by atoms with Crippen molar-refractivity contribution in [2.45, 2.75) is 179 Å². The smallest absolute Gasteiger partial charge is 0.247 e. The van der Waals surface area contributed by atoms with E-state index in [2.05, 4.69) is 52.8 Å². The van der Waals surface area contributed by atoms with E-state index in [0.717, 1.165) is 15.7 Å². The number of aromatic hydroxyl groups is 1. The van der Waals surface area contributed by atoms with Crippen LogP contribution in [0.1, 0.15) is 109 Å². The minimum absolute atomic E-state index is 0.0240. The zero-order valence-electron chi connectivity index (χ0n) is 58.0. The Morgan fingerprint density at radius 2 is 1.15 bits per heavy atom. The van der Waals surface area contributed by atoms with Crippen molar-refractivity contribution in [3.8, 4) is 5.75 Å². The molecule has 1 fully saturated rings. The Bertz CT molecular complexity index is 3700. The van der Waals surface area contributed by atoms with Crippen molar-refractivity contribution in [2.24, 2.45) is 17.4 Å². The molecule has 101 heavy (non-hydrogen) atoms. The van der Waals surface area contributed by atoms with E-state index in [1.54, 1.807) is 50.2 Å². The number of fused-ring (bicyclic) bond motifs is 1. The molecule has 2 heterocycles. The van der Waals surface area contributed by atoms with E-state index < -0.39 is 144 Å². The first-order valence-electron chi connectivity index (χ1n) is 33.8. The molecular formula is C72H95ClN14O14. The van der Waals surface area contributed by atoms with Gasteiger partial charge in [-0.15, -0.1) is 0 Å². The lowest BCUT2D eigenvalue weighted by atomic mass is 9.99. The number of halogens is 1. The van der Waals surface area contributed by atoms with Gasteiger partial charge in [-0.3, -0.25) is 62.5 Å². The fourth-order valence-electron chi connectivity index (χ4n) is 11.7. The number of rotatable bonds is 38. The Balaban J connectivity index is 1.25. The molecule has 0 saturated carbocycles. The molecule has 0 unspecified atom stereocenters. The fourth-order valence-corrected chi connectivity index (χ4v) is 11.8. The molecule has 4 aromatic carbocycles. The molecule has 544 valence electrons. The van der Waals surface area contributed by atoms with Gasteiger partial charge in [0, 0.05) is 69.7 Å². The van der Waals surface area contributed by atoms with Crippen LogP contribution in [0, 0.1) is 5.92 Å². The largest absolute Gasteiger partial charge is 0.508 e. The van der Waals surface area contributed by atoms with Crippen molar-refractivity contribution < 1.29 is 67.7 Å². The van der Waals surface area contributed by atoms with Gasteiger partial charge in [0.15, 0.2) is 0 Å². The highest BCUT2D eigenvalue weighted by Crippen LogP contribution is 2.23. The van der Waals surface area contributed by atoms with E-state index in [9.17, 15) is 67.7 Å². The SMILES string of the molecule is CC(=O)N[C@H](Cc1ccc2ccccc2c1)C(=O)N[C@@H](Cc1ccc(Cl)cc1)C(=O)N[C@H](Cc1cccnc1)C(=O)N[C@@H](CO)C(=O)N(C)[C@@H](Cc1ccc(O)cc1)C(=O)N[C@@H](CC(N)=O)C(=O)N[C@H](CC(C)C)C(=O)N[C@H](CCCCNC(C)C)C(=O)N1CCC[C@@H]1C(=O)N[C@H](C)C(N)=O. The van der Waals surface area contributed by atoms with Gasteiger partial charge in [0.05, 0.1) is 13.0 Å². The van der Waals surface area contributed by atoms with Crippen LogP contribution in [0.3, 0.4) is 0 Å². The summed E-state index contributed by atoms with van der Waals surface area (Å²) in [6.45, 7) is 9.83. The molecule has 6 rings (SSSR count). The number of nitrogens with zero attached hydrogens (tertiary/aromatic N) is 3. The number of aliphatic hydroxyl groups is 1. The van der Waals surface area contributed by atoms with Crippen molar-refractivity contribution in [3.63, 3.8) is 0 Å². The Morgan fingerprint density at radius 1 is 0.604 bits per heavy atom. The third-order valence-corrected chi connectivity index (χ3v) is 17.4. The predicted octanol–water partition coefficient (Wildman–Crippen LogP) is 1.17. The molecular weight excluding hydrogens is 1320 g/mol. The van der Waals surface area contributed by atoms with Crippen LogP contribution >= 0.6 is 11.6 Å². The number of nitrogens with two attached hydrogens (primary N) is 2. The quantitative estimate of drug-likeness (QED) is 0.0247. The molecule has 0 bridgehead atoms. The van der Waals surface area contributed by atoms with Gasteiger partial charge in [-0.25, -0.2) is 0 Å². The van der Waals surface area contributed by atoms with Crippen molar-refractivity contribution in [1.82, 2.24) is 62.6 Å². The number of phenolic OH excluding ortho intramolecular Hbond substituents is 1. The Hall–Kier alpha value is -10.1. The van der Waals surface area contributed by atoms with Gasteiger partial charge in [0.25, 0.3) is 0 Å². The number of hydrogen-bond donors (Lipinski definition) is 13. The highest BCUT2D eigenvalue weighted by molar-refractivity contribution is 6.30. The molecule has 0 radical (unpaired) electrons. The number of aliphatic hydroxyl groups excluding tert-OH is 1. The number of carbonyl (C=O) groups is 12. The summed E-state index contributed by atoms with van der Waals surface area (Å²) in [5, 5.41) is 47.9. The van der Waals surface area contributed by atoms with Crippen LogP contribution in [-0.4, -0.2) is 189 Å². The normalized spacial score (nSPS) is 15.4. The van der Waals surface area contributed by atoms with Gasteiger partial charge < -0.3 is 79.3 Å². The monoisotopic (exact) mass is 1410 g/mol. The van der Waals surface area contributed by atoms with Crippen molar-refractivity contribution >= 4 is 93.3 Å². The third-order valence-electron chi connectivity index (χ3n) is 17.1. The van der Waals surface area contributed by atoms with E-state index in [1.807, 2.05) is 56.3 Å². The second-order valence-electron chi connectivity index (χ2n) is 26.1. The number of amides is 12. The summed E-state index contributed by atoms with van der Waals surface area (Å²) in [6.07, 6.45) is 3.23. The summed E-state index contributed by atoms with van der Waals surface area (Å²) in [4.78, 5) is 175. The van der Waals surface area contributed by atoms with Gasteiger partial charge in [-0.2, -0.15) is 0 Å².